The van der Waals surface area contributed by atoms with Gasteiger partial charge in [-0.05, 0) is 43.9 Å². The maximum atomic E-state index is 11.8. The number of aryl methyl sites for hydroxylation is 1. The number of benzene rings is 1. The van der Waals surface area contributed by atoms with Crippen molar-refractivity contribution in [3.63, 3.8) is 0 Å². The summed E-state index contributed by atoms with van der Waals surface area (Å²) in [4.78, 5) is 23.3. The number of rotatable bonds is 7. The van der Waals surface area contributed by atoms with Crippen LogP contribution in [-0.2, 0) is 14.3 Å². The number of likely N-dealkylation sites (N-methyl/N-ethyl adjacent to an activating group) is 1. The van der Waals surface area contributed by atoms with Crippen molar-refractivity contribution in [3.8, 4) is 5.75 Å². The van der Waals surface area contributed by atoms with Gasteiger partial charge in [0.25, 0.3) is 5.91 Å². The van der Waals surface area contributed by atoms with Gasteiger partial charge in [-0.2, -0.15) is 0 Å². The van der Waals surface area contributed by atoms with E-state index in [9.17, 15) is 9.59 Å². The lowest BCUT2D eigenvalue weighted by atomic mass is 10.0. The van der Waals surface area contributed by atoms with E-state index in [-0.39, 0.29) is 12.5 Å². The van der Waals surface area contributed by atoms with Crippen molar-refractivity contribution in [3.05, 3.63) is 29.3 Å². The molecule has 0 heterocycles. The minimum absolute atomic E-state index is 0.215. The second kappa shape index (κ2) is 8.41. The number of carbonyl (C=O) groups is 2. The van der Waals surface area contributed by atoms with Gasteiger partial charge in [-0.1, -0.05) is 26.0 Å². The summed E-state index contributed by atoms with van der Waals surface area (Å²) in [5, 5.41) is 2.60. The van der Waals surface area contributed by atoms with E-state index >= 15 is 0 Å². The molecule has 0 aliphatic rings. The Bertz CT molecular complexity index is 525. The molecule has 122 valence electrons. The molecule has 22 heavy (non-hydrogen) atoms. The van der Waals surface area contributed by atoms with E-state index in [4.69, 9.17) is 9.47 Å². The first-order valence-electron chi connectivity index (χ1n) is 7.55. The predicted molar refractivity (Wildman–Crippen MR) is 85.0 cm³/mol. The number of amides is 1. The maximum Gasteiger partial charge on any atom is 0.344 e. The van der Waals surface area contributed by atoms with Gasteiger partial charge in [0.2, 0.25) is 0 Å². The van der Waals surface area contributed by atoms with Crippen molar-refractivity contribution in [1.82, 2.24) is 5.32 Å². The highest BCUT2D eigenvalue weighted by Crippen LogP contribution is 2.27. The van der Waals surface area contributed by atoms with E-state index in [0.717, 1.165) is 11.1 Å². The molecule has 0 saturated carbocycles. The van der Waals surface area contributed by atoms with Gasteiger partial charge in [0.1, 0.15) is 5.75 Å². The first kappa shape index (κ1) is 18.0. The third-order valence-electron chi connectivity index (χ3n) is 3.17. The smallest absolute Gasteiger partial charge is 0.344 e. The van der Waals surface area contributed by atoms with Crippen LogP contribution in [0.5, 0.6) is 5.75 Å². The Hall–Kier alpha value is -2.04. The van der Waals surface area contributed by atoms with Crippen molar-refractivity contribution in [2.75, 3.05) is 13.2 Å². The number of hydrogen-bond donors (Lipinski definition) is 1. The summed E-state index contributed by atoms with van der Waals surface area (Å²) in [6, 6.07) is 5.91. The Balaban J connectivity index is 2.61. The van der Waals surface area contributed by atoms with Crippen LogP contribution in [0.3, 0.4) is 0 Å². The summed E-state index contributed by atoms with van der Waals surface area (Å²) in [6.45, 7) is 9.72. The van der Waals surface area contributed by atoms with E-state index in [1.807, 2.05) is 25.1 Å². The molecule has 5 heteroatoms. The molecule has 0 bridgehead atoms. The molecule has 0 radical (unpaired) electrons. The second-order valence-electron chi connectivity index (χ2n) is 5.51. The number of nitrogens with one attached hydrogen (secondary N) is 1. The van der Waals surface area contributed by atoms with Gasteiger partial charge in [-0.3, -0.25) is 4.79 Å². The molecular formula is C17H25NO4. The largest absolute Gasteiger partial charge is 0.482 e. The molecule has 0 spiro atoms. The fourth-order valence-electron chi connectivity index (χ4n) is 1.98. The first-order chi connectivity index (χ1) is 10.3. The Morgan fingerprint density at radius 2 is 1.91 bits per heavy atom. The van der Waals surface area contributed by atoms with Gasteiger partial charge in [0.05, 0.1) is 0 Å². The van der Waals surface area contributed by atoms with Crippen LogP contribution in [0.1, 0.15) is 44.7 Å². The molecular weight excluding hydrogens is 282 g/mol. The summed E-state index contributed by atoms with van der Waals surface area (Å²) in [7, 11) is 0. The number of hydrogen-bond acceptors (Lipinski definition) is 4. The van der Waals surface area contributed by atoms with Crippen LogP contribution in [0.25, 0.3) is 0 Å². The third kappa shape index (κ3) is 5.39. The monoisotopic (exact) mass is 307 g/mol. The van der Waals surface area contributed by atoms with Crippen LogP contribution in [0.4, 0.5) is 0 Å². The van der Waals surface area contributed by atoms with Crippen LogP contribution in [-0.4, -0.2) is 31.1 Å². The lowest BCUT2D eigenvalue weighted by molar-refractivity contribution is -0.156. The second-order valence-corrected chi connectivity index (χ2v) is 5.51. The summed E-state index contributed by atoms with van der Waals surface area (Å²) in [6.07, 6.45) is -0.821. The quantitative estimate of drug-likeness (QED) is 0.786. The Labute approximate surface area is 132 Å². The zero-order chi connectivity index (χ0) is 16.7. The molecule has 0 aliphatic carbocycles. The highest BCUT2D eigenvalue weighted by Gasteiger charge is 2.18. The van der Waals surface area contributed by atoms with Gasteiger partial charge < -0.3 is 14.8 Å². The van der Waals surface area contributed by atoms with E-state index < -0.39 is 12.1 Å². The molecule has 1 rings (SSSR count). The molecule has 5 nitrogen and oxygen atoms in total. The normalized spacial score (nSPS) is 11.9. The van der Waals surface area contributed by atoms with Crippen LogP contribution < -0.4 is 10.1 Å². The van der Waals surface area contributed by atoms with Crippen molar-refractivity contribution in [2.24, 2.45) is 0 Å². The standard InChI is InChI=1S/C17H25NO4/c1-6-18-17(20)13(5)22-16(19)10-21-15-9-12(4)7-8-14(15)11(2)3/h7-9,11,13H,6,10H2,1-5H3,(H,18,20)/t13-/m0/s1. The summed E-state index contributed by atoms with van der Waals surface area (Å²) >= 11 is 0. The van der Waals surface area contributed by atoms with Crippen molar-refractivity contribution in [2.45, 2.75) is 46.6 Å². The van der Waals surface area contributed by atoms with E-state index in [2.05, 4.69) is 19.2 Å². The molecule has 0 unspecified atom stereocenters. The number of carbonyl (C=O) groups excluding carboxylic acids is 2. The molecule has 0 aromatic heterocycles. The van der Waals surface area contributed by atoms with Gasteiger partial charge in [0, 0.05) is 6.54 Å². The average molecular weight is 307 g/mol. The first-order valence-corrected chi connectivity index (χ1v) is 7.55. The van der Waals surface area contributed by atoms with Crippen molar-refractivity contribution < 1.29 is 19.1 Å². The van der Waals surface area contributed by atoms with Crippen LogP contribution in [0.15, 0.2) is 18.2 Å². The fraction of sp³-hybridized carbons (Fsp3) is 0.529. The van der Waals surface area contributed by atoms with E-state index in [1.54, 1.807) is 6.92 Å². The highest BCUT2D eigenvalue weighted by molar-refractivity contribution is 5.83. The van der Waals surface area contributed by atoms with Crippen LogP contribution in [0.2, 0.25) is 0 Å². The molecule has 1 N–H and O–H groups in total. The zero-order valence-corrected chi connectivity index (χ0v) is 13.9. The predicted octanol–water partition coefficient (Wildman–Crippen LogP) is 2.57. The minimum atomic E-state index is -0.821. The van der Waals surface area contributed by atoms with Crippen LogP contribution in [0, 0.1) is 6.92 Å². The lowest BCUT2D eigenvalue weighted by Crippen LogP contribution is -2.36. The minimum Gasteiger partial charge on any atom is -0.482 e. The summed E-state index contributed by atoms with van der Waals surface area (Å²) in [5.74, 6) is 0.0997. The van der Waals surface area contributed by atoms with Gasteiger partial charge in [-0.15, -0.1) is 0 Å². The van der Waals surface area contributed by atoms with E-state index in [1.165, 1.54) is 6.92 Å². The van der Waals surface area contributed by atoms with Crippen LogP contribution >= 0.6 is 0 Å². The van der Waals surface area contributed by atoms with Gasteiger partial charge >= 0.3 is 5.97 Å². The lowest BCUT2D eigenvalue weighted by Gasteiger charge is -2.16. The Morgan fingerprint density at radius 1 is 1.23 bits per heavy atom. The molecule has 1 aromatic rings. The number of esters is 1. The van der Waals surface area contributed by atoms with Gasteiger partial charge in [0.15, 0.2) is 12.7 Å². The summed E-state index contributed by atoms with van der Waals surface area (Å²) in [5.41, 5.74) is 2.10. The molecule has 1 atom stereocenters. The molecule has 0 saturated heterocycles. The molecule has 1 amide bonds. The average Bonchev–Trinajstić information content (AvgIpc) is 2.45. The summed E-state index contributed by atoms with van der Waals surface area (Å²) < 4.78 is 10.6. The topological polar surface area (TPSA) is 64.6 Å². The SMILES string of the molecule is CCNC(=O)[C@H](C)OC(=O)COc1cc(C)ccc1C(C)C. The zero-order valence-electron chi connectivity index (χ0n) is 13.9. The third-order valence-corrected chi connectivity index (χ3v) is 3.17. The molecule has 0 fully saturated rings. The van der Waals surface area contributed by atoms with Crippen molar-refractivity contribution in [1.29, 1.82) is 0 Å². The number of ether oxygens (including phenoxy) is 2. The molecule has 0 aliphatic heterocycles. The molecule has 1 aromatic carbocycles. The Morgan fingerprint density at radius 3 is 2.50 bits per heavy atom. The highest BCUT2D eigenvalue weighted by atomic mass is 16.6. The van der Waals surface area contributed by atoms with Gasteiger partial charge in [-0.25, -0.2) is 4.79 Å². The van der Waals surface area contributed by atoms with Crippen molar-refractivity contribution >= 4 is 11.9 Å². The Kier molecular flexibility index (Phi) is 6.89. The van der Waals surface area contributed by atoms with E-state index in [0.29, 0.717) is 18.2 Å². The fourth-order valence-corrected chi connectivity index (χ4v) is 1.98. The maximum absolute atomic E-state index is 11.8.